The Morgan fingerprint density at radius 2 is 2.11 bits per heavy atom. The lowest BCUT2D eigenvalue weighted by molar-refractivity contribution is -0.137. The van der Waals surface area contributed by atoms with E-state index < -0.39 is 6.10 Å². The molecule has 3 aromatic rings. The van der Waals surface area contributed by atoms with E-state index in [2.05, 4.69) is 4.98 Å². The third-order valence-electron chi connectivity index (χ3n) is 4.60. The fourth-order valence-corrected chi connectivity index (χ4v) is 3.17. The molecular formula is C20H21N3O4. The Morgan fingerprint density at radius 1 is 1.30 bits per heavy atom. The van der Waals surface area contributed by atoms with Crippen LogP contribution in [0.25, 0.3) is 5.65 Å². The molecule has 1 amide bonds. The Bertz CT molecular complexity index is 998. The molecule has 0 fully saturated rings. The molecule has 3 heterocycles. The summed E-state index contributed by atoms with van der Waals surface area (Å²) in [6, 6.07) is 11.1. The van der Waals surface area contributed by atoms with Crippen molar-refractivity contribution in [1.29, 1.82) is 0 Å². The predicted octanol–water partition coefficient (Wildman–Crippen LogP) is 2.80. The largest absolute Gasteiger partial charge is 0.481 e. The fourth-order valence-electron chi connectivity index (χ4n) is 3.17. The molecule has 0 aliphatic carbocycles. The predicted molar refractivity (Wildman–Crippen MR) is 99.1 cm³/mol. The summed E-state index contributed by atoms with van der Waals surface area (Å²) < 4.78 is 18.4. The van der Waals surface area contributed by atoms with E-state index in [0.717, 1.165) is 17.0 Å². The van der Waals surface area contributed by atoms with Crippen molar-refractivity contribution in [3.8, 4) is 17.2 Å². The Labute approximate surface area is 157 Å². The van der Waals surface area contributed by atoms with Crippen LogP contribution in [0.4, 0.5) is 0 Å². The summed E-state index contributed by atoms with van der Waals surface area (Å²) in [6.45, 7) is 4.34. The number of aromatic nitrogens is 2. The second-order valence-electron chi connectivity index (χ2n) is 6.54. The van der Waals surface area contributed by atoms with Gasteiger partial charge in [0.1, 0.15) is 11.4 Å². The number of fused-ring (bicyclic) bond motifs is 2. The number of amides is 1. The normalized spacial score (nSPS) is 13.6. The minimum atomic E-state index is -0.630. The highest BCUT2D eigenvalue weighted by atomic mass is 16.7. The van der Waals surface area contributed by atoms with Gasteiger partial charge >= 0.3 is 0 Å². The average molecular weight is 367 g/mol. The van der Waals surface area contributed by atoms with E-state index in [9.17, 15) is 4.79 Å². The van der Waals surface area contributed by atoms with Crippen molar-refractivity contribution in [1.82, 2.24) is 14.3 Å². The van der Waals surface area contributed by atoms with Crippen LogP contribution in [0.5, 0.6) is 17.2 Å². The van der Waals surface area contributed by atoms with Gasteiger partial charge in [0.15, 0.2) is 17.6 Å². The number of carbonyl (C=O) groups is 1. The lowest BCUT2D eigenvalue weighted by atomic mass is 10.2. The summed E-state index contributed by atoms with van der Waals surface area (Å²) in [6.07, 6.45) is 1.32. The Kier molecular flexibility index (Phi) is 4.35. The smallest absolute Gasteiger partial charge is 0.263 e. The zero-order valence-electron chi connectivity index (χ0n) is 15.5. The third-order valence-corrected chi connectivity index (χ3v) is 4.60. The lowest BCUT2D eigenvalue weighted by Crippen LogP contribution is -2.37. The highest BCUT2D eigenvalue weighted by molar-refractivity contribution is 5.80. The average Bonchev–Trinajstić information content (AvgIpc) is 3.25. The maximum atomic E-state index is 12.8. The van der Waals surface area contributed by atoms with Gasteiger partial charge in [0.2, 0.25) is 6.79 Å². The van der Waals surface area contributed by atoms with Crippen LogP contribution in [0.2, 0.25) is 0 Å². The van der Waals surface area contributed by atoms with Crippen molar-refractivity contribution in [3.05, 3.63) is 54.0 Å². The molecule has 0 bridgehead atoms. The second kappa shape index (κ2) is 6.83. The van der Waals surface area contributed by atoms with E-state index in [-0.39, 0.29) is 12.7 Å². The van der Waals surface area contributed by atoms with Gasteiger partial charge in [0, 0.05) is 19.3 Å². The molecule has 0 radical (unpaired) electrons. The van der Waals surface area contributed by atoms with Gasteiger partial charge in [0.05, 0.1) is 17.9 Å². The van der Waals surface area contributed by atoms with Gasteiger partial charge in [-0.2, -0.15) is 0 Å². The van der Waals surface area contributed by atoms with E-state index in [1.807, 2.05) is 35.7 Å². The van der Waals surface area contributed by atoms with Crippen molar-refractivity contribution in [2.45, 2.75) is 26.5 Å². The van der Waals surface area contributed by atoms with Crippen LogP contribution < -0.4 is 14.2 Å². The molecule has 2 aromatic heterocycles. The number of benzene rings is 1. The summed E-state index contributed by atoms with van der Waals surface area (Å²) in [5, 5.41) is 0. The maximum Gasteiger partial charge on any atom is 0.263 e. The van der Waals surface area contributed by atoms with E-state index in [4.69, 9.17) is 14.2 Å². The monoisotopic (exact) mass is 367 g/mol. The Hall–Kier alpha value is -3.22. The summed E-state index contributed by atoms with van der Waals surface area (Å²) in [7, 11) is 1.77. The van der Waals surface area contributed by atoms with Gasteiger partial charge in [-0.3, -0.25) is 4.79 Å². The van der Waals surface area contributed by atoms with Gasteiger partial charge in [-0.25, -0.2) is 4.98 Å². The highest BCUT2D eigenvalue weighted by Crippen LogP contribution is 2.35. The molecule has 140 valence electrons. The van der Waals surface area contributed by atoms with Crippen LogP contribution in [-0.2, 0) is 11.3 Å². The zero-order valence-corrected chi connectivity index (χ0v) is 15.5. The molecule has 7 heteroatoms. The van der Waals surface area contributed by atoms with Crippen molar-refractivity contribution in [3.63, 3.8) is 0 Å². The first kappa shape index (κ1) is 17.2. The van der Waals surface area contributed by atoms with Crippen molar-refractivity contribution < 1.29 is 19.0 Å². The number of imidazole rings is 1. The molecule has 1 aliphatic heterocycles. The van der Waals surface area contributed by atoms with Crippen LogP contribution in [0.3, 0.4) is 0 Å². The minimum Gasteiger partial charge on any atom is -0.481 e. The molecule has 1 atom stereocenters. The number of hydrogen-bond donors (Lipinski definition) is 0. The van der Waals surface area contributed by atoms with Gasteiger partial charge in [0.25, 0.3) is 5.91 Å². The van der Waals surface area contributed by atoms with Crippen LogP contribution >= 0.6 is 0 Å². The minimum absolute atomic E-state index is 0.113. The number of likely N-dealkylation sites (N-methyl/N-ethyl adjacent to an activating group) is 1. The van der Waals surface area contributed by atoms with E-state index in [0.29, 0.717) is 23.8 Å². The molecule has 0 unspecified atom stereocenters. The molecule has 1 aliphatic rings. The molecule has 4 rings (SSSR count). The zero-order chi connectivity index (χ0) is 19.0. The third kappa shape index (κ3) is 3.28. The molecule has 0 spiro atoms. The Balaban J connectivity index is 1.46. The van der Waals surface area contributed by atoms with Crippen molar-refractivity contribution in [2.75, 3.05) is 13.8 Å². The highest BCUT2D eigenvalue weighted by Gasteiger charge is 2.22. The topological polar surface area (TPSA) is 65.3 Å². The summed E-state index contributed by atoms with van der Waals surface area (Å²) >= 11 is 0. The summed E-state index contributed by atoms with van der Waals surface area (Å²) in [5.41, 5.74) is 2.76. The van der Waals surface area contributed by atoms with Crippen LogP contribution in [-0.4, -0.2) is 40.1 Å². The summed E-state index contributed by atoms with van der Waals surface area (Å²) in [5.74, 6) is 1.76. The number of pyridine rings is 1. The standard InChI is InChI=1S/C20H21N3O4/c1-13-16(23-9-5-4-6-19(23)21-13)11-22(3)20(24)14(2)27-15-7-8-17-18(10-15)26-12-25-17/h4-10,14H,11-12H2,1-3H3/t14-/m0/s1. The fraction of sp³-hybridized carbons (Fsp3) is 0.300. The van der Waals surface area contributed by atoms with Gasteiger partial charge < -0.3 is 23.5 Å². The molecule has 1 aromatic carbocycles. The second-order valence-corrected chi connectivity index (χ2v) is 6.54. The maximum absolute atomic E-state index is 12.8. The van der Waals surface area contributed by atoms with Gasteiger partial charge in [-0.05, 0) is 38.1 Å². The first-order chi connectivity index (χ1) is 13.0. The van der Waals surface area contributed by atoms with E-state index in [1.54, 1.807) is 37.1 Å². The quantitative estimate of drug-likeness (QED) is 0.694. The lowest BCUT2D eigenvalue weighted by Gasteiger charge is -2.22. The molecular weight excluding hydrogens is 346 g/mol. The number of nitrogens with zero attached hydrogens (tertiary/aromatic N) is 3. The van der Waals surface area contributed by atoms with Gasteiger partial charge in [-0.1, -0.05) is 6.07 Å². The first-order valence-electron chi connectivity index (χ1n) is 8.77. The molecule has 0 saturated heterocycles. The van der Waals surface area contributed by atoms with Crippen molar-refractivity contribution in [2.24, 2.45) is 0 Å². The van der Waals surface area contributed by atoms with Crippen LogP contribution in [0, 0.1) is 6.92 Å². The number of hydrogen-bond acceptors (Lipinski definition) is 5. The molecule has 0 N–H and O–H groups in total. The summed E-state index contributed by atoms with van der Waals surface area (Å²) in [4.78, 5) is 19.0. The van der Waals surface area contributed by atoms with Gasteiger partial charge in [-0.15, -0.1) is 0 Å². The SMILES string of the molecule is Cc1nc2ccccn2c1CN(C)C(=O)[C@H](C)Oc1ccc2c(c1)OCO2. The van der Waals surface area contributed by atoms with E-state index >= 15 is 0 Å². The number of carbonyl (C=O) groups excluding carboxylic acids is 1. The first-order valence-corrected chi connectivity index (χ1v) is 8.77. The number of ether oxygens (including phenoxy) is 3. The molecule has 27 heavy (non-hydrogen) atoms. The van der Waals surface area contributed by atoms with Crippen LogP contribution in [0.1, 0.15) is 18.3 Å². The molecule has 7 nitrogen and oxygen atoms in total. The number of rotatable bonds is 5. The van der Waals surface area contributed by atoms with Crippen LogP contribution in [0.15, 0.2) is 42.6 Å². The number of aryl methyl sites for hydroxylation is 1. The molecule has 0 saturated carbocycles. The Morgan fingerprint density at radius 3 is 2.96 bits per heavy atom. The van der Waals surface area contributed by atoms with E-state index in [1.165, 1.54) is 0 Å². The van der Waals surface area contributed by atoms with Crippen molar-refractivity contribution >= 4 is 11.6 Å².